The molecule has 1 saturated carbocycles. The van der Waals surface area contributed by atoms with Gasteiger partial charge in [0.25, 0.3) is 0 Å². The molecule has 1 atom stereocenters. The van der Waals surface area contributed by atoms with Crippen molar-refractivity contribution in [2.45, 2.75) is 25.9 Å². The van der Waals surface area contributed by atoms with Crippen molar-refractivity contribution in [3.63, 3.8) is 0 Å². The van der Waals surface area contributed by atoms with E-state index < -0.39 is 6.10 Å². The molecule has 1 fully saturated rings. The second-order valence-corrected chi connectivity index (χ2v) is 6.20. The highest BCUT2D eigenvalue weighted by molar-refractivity contribution is 14.0. The number of likely N-dealkylation sites (N-methyl/N-ethyl adjacent to an activating group) is 1. The Bertz CT molecular complexity index is 524. The summed E-state index contributed by atoms with van der Waals surface area (Å²) in [5.41, 5.74) is 0.659. The number of nitrogens with zero attached hydrogens (tertiary/aromatic N) is 2. The second kappa shape index (κ2) is 11.6. The van der Waals surface area contributed by atoms with Crippen LogP contribution in [-0.4, -0.2) is 55.9 Å². The lowest BCUT2D eigenvalue weighted by Gasteiger charge is -2.22. The SMILES string of the molecule is CCNC(=NCC(O)c1ccc(F)cc1)N(C)CCOCC1CC1.I. The van der Waals surface area contributed by atoms with E-state index in [2.05, 4.69) is 10.3 Å². The van der Waals surface area contributed by atoms with Crippen LogP contribution in [-0.2, 0) is 4.74 Å². The summed E-state index contributed by atoms with van der Waals surface area (Å²) in [5.74, 6) is 1.19. The molecular formula is C18H29FIN3O2. The first-order chi connectivity index (χ1) is 11.6. The van der Waals surface area contributed by atoms with E-state index in [-0.39, 0.29) is 36.3 Å². The summed E-state index contributed by atoms with van der Waals surface area (Å²) in [7, 11) is 1.95. The Morgan fingerprint density at radius 1 is 1.40 bits per heavy atom. The summed E-state index contributed by atoms with van der Waals surface area (Å²) in [5, 5.41) is 13.4. The van der Waals surface area contributed by atoms with E-state index >= 15 is 0 Å². The Morgan fingerprint density at radius 2 is 2.08 bits per heavy atom. The molecule has 142 valence electrons. The van der Waals surface area contributed by atoms with Crippen LogP contribution >= 0.6 is 24.0 Å². The van der Waals surface area contributed by atoms with Gasteiger partial charge in [-0.25, -0.2) is 4.39 Å². The fraction of sp³-hybridized carbons (Fsp3) is 0.611. The average Bonchev–Trinajstić information content (AvgIpc) is 3.40. The standard InChI is InChI=1S/C18H28FN3O2.HI/c1-3-20-18(22(2)10-11-24-13-14-4-5-14)21-12-17(23)15-6-8-16(19)9-7-15;/h6-9,14,17,23H,3-5,10-13H2,1-2H3,(H,20,21);1H. The van der Waals surface area contributed by atoms with Gasteiger partial charge in [0.15, 0.2) is 5.96 Å². The Morgan fingerprint density at radius 3 is 2.68 bits per heavy atom. The molecule has 0 heterocycles. The summed E-state index contributed by atoms with van der Waals surface area (Å²) in [6, 6.07) is 5.85. The van der Waals surface area contributed by atoms with Gasteiger partial charge in [-0.05, 0) is 43.4 Å². The summed E-state index contributed by atoms with van der Waals surface area (Å²) in [6.45, 7) is 5.23. The molecule has 0 saturated heterocycles. The first-order valence-corrected chi connectivity index (χ1v) is 8.61. The van der Waals surface area contributed by atoms with Crippen molar-refractivity contribution < 1.29 is 14.2 Å². The molecule has 1 aromatic rings. The van der Waals surface area contributed by atoms with Crippen LogP contribution in [0.25, 0.3) is 0 Å². The number of ether oxygens (including phenoxy) is 1. The third kappa shape index (κ3) is 8.33. The zero-order valence-electron chi connectivity index (χ0n) is 14.9. The van der Waals surface area contributed by atoms with Gasteiger partial charge in [0.05, 0.1) is 19.3 Å². The van der Waals surface area contributed by atoms with Crippen LogP contribution in [0.15, 0.2) is 29.3 Å². The van der Waals surface area contributed by atoms with Crippen molar-refractivity contribution in [1.82, 2.24) is 10.2 Å². The predicted molar refractivity (Wildman–Crippen MR) is 109 cm³/mol. The van der Waals surface area contributed by atoms with Gasteiger partial charge < -0.3 is 20.1 Å². The number of aliphatic imine (C=N–C) groups is 1. The third-order valence-electron chi connectivity index (χ3n) is 3.99. The van der Waals surface area contributed by atoms with Gasteiger partial charge in [-0.1, -0.05) is 12.1 Å². The summed E-state index contributed by atoms with van der Waals surface area (Å²) < 4.78 is 18.6. The maximum absolute atomic E-state index is 12.9. The van der Waals surface area contributed by atoms with Crippen LogP contribution in [0, 0.1) is 11.7 Å². The Labute approximate surface area is 166 Å². The van der Waals surface area contributed by atoms with Crippen molar-refractivity contribution in [1.29, 1.82) is 0 Å². The molecule has 0 amide bonds. The molecule has 1 unspecified atom stereocenters. The number of benzene rings is 1. The van der Waals surface area contributed by atoms with Crippen molar-refractivity contribution in [3.05, 3.63) is 35.6 Å². The lowest BCUT2D eigenvalue weighted by molar-refractivity contribution is 0.115. The van der Waals surface area contributed by atoms with Crippen LogP contribution < -0.4 is 5.32 Å². The van der Waals surface area contributed by atoms with Crippen LogP contribution in [0.2, 0.25) is 0 Å². The molecule has 1 aromatic carbocycles. The van der Waals surface area contributed by atoms with Gasteiger partial charge in [-0.15, -0.1) is 24.0 Å². The number of rotatable bonds is 9. The number of guanidine groups is 1. The molecule has 25 heavy (non-hydrogen) atoms. The maximum atomic E-state index is 12.9. The third-order valence-corrected chi connectivity index (χ3v) is 3.99. The Kier molecular flexibility index (Phi) is 10.3. The lowest BCUT2D eigenvalue weighted by Crippen LogP contribution is -2.40. The normalized spacial score (nSPS) is 15.4. The molecule has 5 nitrogen and oxygen atoms in total. The molecule has 0 bridgehead atoms. The Balaban J connectivity index is 0.00000312. The van der Waals surface area contributed by atoms with Gasteiger partial charge in [-0.3, -0.25) is 4.99 Å². The van der Waals surface area contributed by atoms with E-state index in [1.54, 1.807) is 12.1 Å². The molecule has 2 N–H and O–H groups in total. The highest BCUT2D eigenvalue weighted by atomic mass is 127. The average molecular weight is 465 g/mol. The van der Waals surface area contributed by atoms with Gasteiger partial charge >= 0.3 is 0 Å². The van der Waals surface area contributed by atoms with E-state index in [1.165, 1.54) is 25.0 Å². The minimum atomic E-state index is -0.751. The summed E-state index contributed by atoms with van der Waals surface area (Å²) >= 11 is 0. The minimum Gasteiger partial charge on any atom is -0.386 e. The zero-order chi connectivity index (χ0) is 17.4. The topological polar surface area (TPSA) is 57.1 Å². The molecule has 0 aromatic heterocycles. The van der Waals surface area contributed by atoms with E-state index in [1.807, 2.05) is 18.9 Å². The molecule has 0 aliphatic heterocycles. The number of nitrogens with one attached hydrogen (secondary N) is 1. The quantitative estimate of drug-likeness (QED) is 0.255. The van der Waals surface area contributed by atoms with Gasteiger partial charge in [0.2, 0.25) is 0 Å². The minimum absolute atomic E-state index is 0. The molecule has 0 radical (unpaired) electrons. The van der Waals surface area contributed by atoms with Crippen LogP contribution in [0.4, 0.5) is 4.39 Å². The first kappa shape index (κ1) is 22.1. The first-order valence-electron chi connectivity index (χ1n) is 8.61. The van der Waals surface area contributed by atoms with E-state index in [0.717, 1.165) is 31.6 Å². The van der Waals surface area contributed by atoms with Crippen molar-refractivity contribution in [2.75, 3.05) is 39.9 Å². The van der Waals surface area contributed by atoms with Crippen LogP contribution in [0.3, 0.4) is 0 Å². The van der Waals surface area contributed by atoms with Crippen molar-refractivity contribution in [3.8, 4) is 0 Å². The molecule has 1 aliphatic rings. The van der Waals surface area contributed by atoms with Crippen LogP contribution in [0.5, 0.6) is 0 Å². The van der Waals surface area contributed by atoms with Crippen molar-refractivity contribution in [2.24, 2.45) is 10.9 Å². The summed E-state index contributed by atoms with van der Waals surface area (Å²) in [4.78, 5) is 6.46. The van der Waals surface area contributed by atoms with Gasteiger partial charge in [-0.2, -0.15) is 0 Å². The number of hydrogen-bond donors (Lipinski definition) is 2. The number of aliphatic hydroxyl groups is 1. The fourth-order valence-corrected chi connectivity index (χ4v) is 2.27. The molecular weight excluding hydrogens is 436 g/mol. The highest BCUT2D eigenvalue weighted by Gasteiger charge is 2.21. The lowest BCUT2D eigenvalue weighted by atomic mass is 10.1. The molecule has 1 aliphatic carbocycles. The fourth-order valence-electron chi connectivity index (χ4n) is 2.27. The number of aliphatic hydroxyl groups excluding tert-OH is 1. The maximum Gasteiger partial charge on any atom is 0.193 e. The largest absolute Gasteiger partial charge is 0.386 e. The molecule has 2 rings (SSSR count). The number of hydrogen-bond acceptors (Lipinski definition) is 3. The summed E-state index contributed by atoms with van der Waals surface area (Å²) in [6.07, 6.45) is 1.83. The van der Waals surface area contributed by atoms with E-state index in [4.69, 9.17) is 4.74 Å². The van der Waals surface area contributed by atoms with Crippen LogP contribution in [0.1, 0.15) is 31.4 Å². The van der Waals surface area contributed by atoms with E-state index in [0.29, 0.717) is 12.2 Å². The highest BCUT2D eigenvalue weighted by Crippen LogP contribution is 2.28. The van der Waals surface area contributed by atoms with Gasteiger partial charge in [0.1, 0.15) is 5.82 Å². The van der Waals surface area contributed by atoms with Crippen molar-refractivity contribution >= 4 is 29.9 Å². The zero-order valence-corrected chi connectivity index (χ0v) is 17.3. The monoisotopic (exact) mass is 465 g/mol. The molecule has 7 heteroatoms. The predicted octanol–water partition coefficient (Wildman–Crippen LogP) is 2.80. The van der Waals surface area contributed by atoms with E-state index in [9.17, 15) is 9.50 Å². The smallest absolute Gasteiger partial charge is 0.193 e. The second-order valence-electron chi connectivity index (χ2n) is 6.20. The number of halogens is 2. The molecule has 0 spiro atoms. The van der Waals surface area contributed by atoms with Gasteiger partial charge in [0, 0.05) is 26.7 Å². The Hall–Kier alpha value is -0.930.